The number of hydrogen-bond acceptors (Lipinski definition) is 2. The molecule has 0 aliphatic carbocycles. The van der Waals surface area contributed by atoms with E-state index in [9.17, 15) is 0 Å². The van der Waals surface area contributed by atoms with Crippen molar-refractivity contribution in [3.63, 3.8) is 0 Å². The van der Waals surface area contributed by atoms with E-state index in [0.29, 0.717) is 16.6 Å². The summed E-state index contributed by atoms with van der Waals surface area (Å²) < 4.78 is 2.20. The minimum absolute atomic E-state index is 0.584. The Kier molecular flexibility index (Phi) is 6.41. The van der Waals surface area contributed by atoms with Crippen LogP contribution in [-0.2, 0) is 6.54 Å². The molecule has 0 spiro atoms. The monoisotopic (exact) mass is 460 g/mol. The summed E-state index contributed by atoms with van der Waals surface area (Å²) in [5.41, 5.74) is 3.98. The molecule has 1 aromatic heterocycles. The Balaban J connectivity index is 1.89. The van der Waals surface area contributed by atoms with E-state index in [1.165, 1.54) is 4.90 Å². The molecule has 0 N–H and O–H groups in total. The number of fused-ring (bicyclic) bond motifs is 1. The van der Waals surface area contributed by atoms with Crippen molar-refractivity contribution in [2.24, 2.45) is 0 Å². The van der Waals surface area contributed by atoms with E-state index in [1.807, 2.05) is 42.1 Å². The molecule has 3 aromatic carbocycles. The molecule has 2 nitrogen and oxygen atoms in total. The van der Waals surface area contributed by atoms with Gasteiger partial charge in [-0.1, -0.05) is 53.9 Å². The third kappa shape index (κ3) is 4.59. The minimum atomic E-state index is 0.584. The van der Waals surface area contributed by atoms with Crippen LogP contribution < -0.4 is 0 Å². The Labute approximate surface area is 189 Å². The van der Waals surface area contributed by atoms with E-state index in [1.54, 1.807) is 6.07 Å². The number of thioether (sulfide) groups is 1. The molecule has 1 heterocycles. The van der Waals surface area contributed by atoms with Crippen molar-refractivity contribution < 1.29 is 0 Å². The first-order chi connectivity index (χ1) is 14.0. The lowest BCUT2D eigenvalue weighted by molar-refractivity contribution is 0.833. The molecule has 4 aromatic rings. The van der Waals surface area contributed by atoms with Crippen LogP contribution in [0.2, 0.25) is 15.1 Å². The molecule has 0 unspecified atom stereocenters. The van der Waals surface area contributed by atoms with Gasteiger partial charge in [0.1, 0.15) is 5.82 Å². The standard InChI is InChI=1S/C23H19Cl3N2S/c1-2-10-29-18-7-9-21-22(13-18)28(14-15-4-3-5-16(24)11-15)23(27-21)19-8-6-17(25)12-20(19)26/h3-9,11-13H,2,10,14H2,1H3. The van der Waals surface area contributed by atoms with Crippen LogP contribution in [0.1, 0.15) is 18.9 Å². The summed E-state index contributed by atoms with van der Waals surface area (Å²) in [6.45, 7) is 2.84. The normalized spacial score (nSPS) is 11.3. The lowest BCUT2D eigenvalue weighted by atomic mass is 10.2. The van der Waals surface area contributed by atoms with Crippen LogP contribution in [0.5, 0.6) is 0 Å². The quantitative estimate of drug-likeness (QED) is 0.269. The maximum absolute atomic E-state index is 6.53. The Morgan fingerprint density at radius 1 is 0.931 bits per heavy atom. The van der Waals surface area contributed by atoms with Gasteiger partial charge in [0.15, 0.2) is 0 Å². The van der Waals surface area contributed by atoms with Crippen LogP contribution in [0.15, 0.2) is 65.6 Å². The van der Waals surface area contributed by atoms with Gasteiger partial charge in [-0.2, -0.15) is 0 Å². The number of benzene rings is 3. The number of rotatable bonds is 6. The first kappa shape index (κ1) is 20.6. The second-order valence-corrected chi connectivity index (χ2v) is 9.22. The fourth-order valence-electron chi connectivity index (χ4n) is 3.27. The van der Waals surface area contributed by atoms with E-state index >= 15 is 0 Å². The van der Waals surface area contributed by atoms with Gasteiger partial charge in [0.05, 0.1) is 16.1 Å². The van der Waals surface area contributed by atoms with Crippen LogP contribution in [0.3, 0.4) is 0 Å². The highest BCUT2D eigenvalue weighted by Gasteiger charge is 2.16. The van der Waals surface area contributed by atoms with E-state index in [0.717, 1.165) is 45.2 Å². The number of nitrogens with zero attached hydrogens (tertiary/aromatic N) is 2. The highest BCUT2D eigenvalue weighted by atomic mass is 35.5. The zero-order chi connectivity index (χ0) is 20.4. The molecule has 0 atom stereocenters. The molecule has 0 amide bonds. The molecule has 0 aliphatic heterocycles. The van der Waals surface area contributed by atoms with Crippen molar-refractivity contribution in [3.8, 4) is 11.4 Å². The lowest BCUT2D eigenvalue weighted by Gasteiger charge is -2.12. The van der Waals surface area contributed by atoms with Gasteiger partial charge in [-0.25, -0.2) is 4.98 Å². The fourth-order valence-corrected chi connectivity index (χ4v) is 4.77. The van der Waals surface area contributed by atoms with Crippen molar-refractivity contribution in [1.82, 2.24) is 9.55 Å². The summed E-state index contributed by atoms with van der Waals surface area (Å²) in [5, 5.41) is 1.91. The predicted molar refractivity (Wildman–Crippen MR) is 127 cm³/mol. The molecule has 0 fully saturated rings. The van der Waals surface area contributed by atoms with Gasteiger partial charge in [0.25, 0.3) is 0 Å². The minimum Gasteiger partial charge on any atom is -0.319 e. The summed E-state index contributed by atoms with van der Waals surface area (Å²) in [6.07, 6.45) is 1.14. The average molecular weight is 462 g/mol. The average Bonchev–Trinajstić information content (AvgIpc) is 3.04. The molecule has 0 bridgehead atoms. The predicted octanol–water partition coefficient (Wildman–Crippen LogP) is 8.21. The zero-order valence-corrected chi connectivity index (χ0v) is 18.9. The molecular formula is C23H19Cl3N2S. The van der Waals surface area contributed by atoms with Crippen LogP contribution in [0, 0.1) is 0 Å². The number of hydrogen-bond donors (Lipinski definition) is 0. The Morgan fingerprint density at radius 3 is 2.52 bits per heavy atom. The van der Waals surface area contributed by atoms with E-state index in [-0.39, 0.29) is 0 Å². The first-order valence-electron chi connectivity index (χ1n) is 9.38. The summed E-state index contributed by atoms with van der Waals surface area (Å²) in [6, 6.07) is 19.8. The first-order valence-corrected chi connectivity index (χ1v) is 11.5. The summed E-state index contributed by atoms with van der Waals surface area (Å²) in [5.74, 6) is 1.91. The third-order valence-electron chi connectivity index (χ3n) is 4.59. The largest absolute Gasteiger partial charge is 0.319 e. The van der Waals surface area contributed by atoms with Crippen LogP contribution in [0.25, 0.3) is 22.4 Å². The Morgan fingerprint density at radius 2 is 1.76 bits per heavy atom. The van der Waals surface area contributed by atoms with E-state index < -0.39 is 0 Å². The number of imidazole rings is 1. The van der Waals surface area contributed by atoms with Crippen molar-refractivity contribution in [2.45, 2.75) is 24.8 Å². The molecule has 0 aliphatic rings. The van der Waals surface area contributed by atoms with Gasteiger partial charge in [-0.05, 0) is 66.3 Å². The molecule has 6 heteroatoms. The van der Waals surface area contributed by atoms with Crippen LogP contribution in [0.4, 0.5) is 0 Å². The Hall–Kier alpha value is -1.65. The molecule has 148 valence electrons. The topological polar surface area (TPSA) is 17.8 Å². The lowest BCUT2D eigenvalue weighted by Crippen LogP contribution is -2.02. The Bertz CT molecular complexity index is 1170. The highest BCUT2D eigenvalue weighted by molar-refractivity contribution is 7.99. The molecular weight excluding hydrogens is 443 g/mol. The number of halogens is 3. The maximum Gasteiger partial charge on any atom is 0.142 e. The van der Waals surface area contributed by atoms with Gasteiger partial charge < -0.3 is 4.57 Å². The highest BCUT2D eigenvalue weighted by Crippen LogP contribution is 2.34. The second-order valence-electron chi connectivity index (χ2n) is 6.77. The molecule has 0 saturated heterocycles. The van der Waals surface area contributed by atoms with E-state index in [4.69, 9.17) is 39.8 Å². The van der Waals surface area contributed by atoms with Crippen molar-refractivity contribution in [1.29, 1.82) is 0 Å². The van der Waals surface area contributed by atoms with Crippen molar-refractivity contribution >= 4 is 57.6 Å². The van der Waals surface area contributed by atoms with Crippen LogP contribution >= 0.6 is 46.6 Å². The van der Waals surface area contributed by atoms with Gasteiger partial charge in [-0.15, -0.1) is 11.8 Å². The maximum atomic E-state index is 6.53. The molecule has 4 rings (SSSR count). The number of aromatic nitrogens is 2. The van der Waals surface area contributed by atoms with E-state index in [2.05, 4.69) is 35.8 Å². The van der Waals surface area contributed by atoms with Gasteiger partial charge in [0.2, 0.25) is 0 Å². The second kappa shape index (κ2) is 9.01. The van der Waals surface area contributed by atoms with Gasteiger partial charge in [-0.3, -0.25) is 0 Å². The van der Waals surface area contributed by atoms with Crippen molar-refractivity contribution in [2.75, 3.05) is 5.75 Å². The third-order valence-corrected chi connectivity index (χ3v) is 6.58. The summed E-state index contributed by atoms with van der Waals surface area (Å²) >= 11 is 20.7. The molecule has 0 radical (unpaired) electrons. The van der Waals surface area contributed by atoms with Gasteiger partial charge in [0, 0.05) is 27.0 Å². The fraction of sp³-hybridized carbons (Fsp3) is 0.174. The van der Waals surface area contributed by atoms with Crippen molar-refractivity contribution in [3.05, 3.63) is 81.3 Å². The zero-order valence-electron chi connectivity index (χ0n) is 15.8. The summed E-state index contributed by atoms with van der Waals surface area (Å²) in [4.78, 5) is 6.14. The van der Waals surface area contributed by atoms with Gasteiger partial charge >= 0.3 is 0 Å². The SMILES string of the molecule is CCCSc1ccc2nc(-c3ccc(Cl)cc3Cl)n(Cc3cccc(Cl)c3)c2c1. The smallest absolute Gasteiger partial charge is 0.142 e. The summed E-state index contributed by atoms with van der Waals surface area (Å²) in [7, 11) is 0. The molecule has 29 heavy (non-hydrogen) atoms. The van der Waals surface area contributed by atoms with Crippen LogP contribution in [-0.4, -0.2) is 15.3 Å². The molecule has 0 saturated carbocycles.